The molecule has 1 fully saturated rings. The minimum absolute atomic E-state index is 0.491. The highest BCUT2D eigenvalue weighted by Crippen LogP contribution is 2.22. The molecule has 0 saturated carbocycles. The third-order valence-electron chi connectivity index (χ3n) is 2.08. The Bertz CT molecular complexity index is 150. The van der Waals surface area contributed by atoms with Gasteiger partial charge in [-0.05, 0) is 6.92 Å². The lowest BCUT2D eigenvalue weighted by molar-refractivity contribution is -0.205. The molecule has 1 heterocycles. The standard InChI is InChI=1S/C7H13FO4/c1-3-6(10)7(11)5(8)4(2-9)12-3/h3-7,9-11H,2H2,1H3/t3?,4-,5-,6+,7+/m1/s1. The Kier molecular flexibility index (Phi) is 3.00. The van der Waals surface area contributed by atoms with Crippen molar-refractivity contribution in [2.24, 2.45) is 0 Å². The molecule has 5 atom stereocenters. The first-order valence-corrected chi connectivity index (χ1v) is 3.84. The van der Waals surface area contributed by atoms with Gasteiger partial charge in [0, 0.05) is 0 Å². The Labute approximate surface area is 69.6 Å². The van der Waals surface area contributed by atoms with Crippen molar-refractivity contribution in [3.05, 3.63) is 0 Å². The van der Waals surface area contributed by atoms with E-state index in [1.807, 2.05) is 0 Å². The molecule has 1 aliphatic heterocycles. The lowest BCUT2D eigenvalue weighted by Gasteiger charge is -2.37. The monoisotopic (exact) mass is 180 g/mol. The Hall–Kier alpha value is -0.230. The highest BCUT2D eigenvalue weighted by atomic mass is 19.1. The molecule has 0 bridgehead atoms. The van der Waals surface area contributed by atoms with Crippen LogP contribution in [0.5, 0.6) is 0 Å². The molecule has 0 aromatic rings. The molecule has 0 aromatic carbocycles. The number of hydrogen-bond acceptors (Lipinski definition) is 4. The van der Waals surface area contributed by atoms with Crippen LogP contribution in [0.1, 0.15) is 6.92 Å². The second kappa shape index (κ2) is 3.66. The fourth-order valence-corrected chi connectivity index (χ4v) is 1.26. The summed E-state index contributed by atoms with van der Waals surface area (Å²) in [7, 11) is 0. The second-order valence-corrected chi connectivity index (χ2v) is 2.99. The van der Waals surface area contributed by atoms with Gasteiger partial charge in [0.25, 0.3) is 0 Å². The maximum atomic E-state index is 13.0. The number of aliphatic hydroxyl groups excluding tert-OH is 3. The Morgan fingerprint density at radius 3 is 2.42 bits per heavy atom. The molecule has 0 amide bonds. The van der Waals surface area contributed by atoms with Gasteiger partial charge in [0.2, 0.25) is 0 Å². The third-order valence-corrected chi connectivity index (χ3v) is 2.08. The molecule has 0 aliphatic carbocycles. The Morgan fingerprint density at radius 2 is 1.92 bits per heavy atom. The van der Waals surface area contributed by atoms with Crippen LogP contribution in [-0.2, 0) is 4.74 Å². The maximum absolute atomic E-state index is 13.0. The first kappa shape index (κ1) is 9.85. The van der Waals surface area contributed by atoms with Gasteiger partial charge in [-0.25, -0.2) is 4.39 Å². The van der Waals surface area contributed by atoms with Gasteiger partial charge in [-0.15, -0.1) is 0 Å². The van der Waals surface area contributed by atoms with Crippen LogP contribution in [0.4, 0.5) is 4.39 Å². The molecular weight excluding hydrogens is 167 g/mol. The van der Waals surface area contributed by atoms with Crippen molar-refractivity contribution in [1.29, 1.82) is 0 Å². The number of alkyl halides is 1. The summed E-state index contributed by atoms with van der Waals surface area (Å²) >= 11 is 0. The van der Waals surface area contributed by atoms with Gasteiger partial charge in [0.15, 0.2) is 6.17 Å². The summed E-state index contributed by atoms with van der Waals surface area (Å²) in [6.45, 7) is 1.03. The van der Waals surface area contributed by atoms with E-state index in [4.69, 9.17) is 20.1 Å². The molecule has 1 unspecified atom stereocenters. The maximum Gasteiger partial charge on any atom is 0.157 e. The van der Waals surface area contributed by atoms with E-state index in [2.05, 4.69) is 0 Å². The molecule has 0 radical (unpaired) electrons. The van der Waals surface area contributed by atoms with E-state index in [1.54, 1.807) is 0 Å². The molecule has 4 nitrogen and oxygen atoms in total. The molecule has 0 spiro atoms. The zero-order chi connectivity index (χ0) is 9.30. The first-order chi connectivity index (χ1) is 5.57. The van der Waals surface area contributed by atoms with Crippen LogP contribution < -0.4 is 0 Å². The number of rotatable bonds is 1. The normalized spacial score (nSPS) is 49.2. The van der Waals surface area contributed by atoms with Crippen LogP contribution in [0.3, 0.4) is 0 Å². The summed E-state index contributed by atoms with van der Waals surface area (Å²) < 4.78 is 17.9. The van der Waals surface area contributed by atoms with Crippen molar-refractivity contribution >= 4 is 0 Å². The van der Waals surface area contributed by atoms with Gasteiger partial charge in [-0.3, -0.25) is 0 Å². The Morgan fingerprint density at radius 1 is 1.33 bits per heavy atom. The van der Waals surface area contributed by atoms with Crippen LogP contribution in [0, 0.1) is 0 Å². The number of ether oxygens (including phenoxy) is 1. The fourth-order valence-electron chi connectivity index (χ4n) is 1.26. The van der Waals surface area contributed by atoms with Gasteiger partial charge in [-0.2, -0.15) is 0 Å². The second-order valence-electron chi connectivity index (χ2n) is 2.99. The van der Waals surface area contributed by atoms with Gasteiger partial charge in [-0.1, -0.05) is 0 Å². The average molecular weight is 180 g/mol. The van der Waals surface area contributed by atoms with Crippen LogP contribution in [-0.4, -0.2) is 52.5 Å². The van der Waals surface area contributed by atoms with Crippen molar-refractivity contribution in [3.63, 3.8) is 0 Å². The zero-order valence-electron chi connectivity index (χ0n) is 6.72. The fraction of sp³-hybridized carbons (Fsp3) is 1.00. The lowest BCUT2D eigenvalue weighted by Crippen LogP contribution is -2.55. The van der Waals surface area contributed by atoms with E-state index in [9.17, 15) is 4.39 Å². The summed E-state index contributed by atoms with van der Waals surface area (Å²) in [5.41, 5.74) is 0. The van der Waals surface area contributed by atoms with E-state index >= 15 is 0 Å². The van der Waals surface area contributed by atoms with Crippen molar-refractivity contribution in [2.75, 3.05) is 6.61 Å². The average Bonchev–Trinajstić information content (AvgIpc) is 2.08. The highest BCUT2D eigenvalue weighted by Gasteiger charge is 2.42. The van der Waals surface area contributed by atoms with Crippen LogP contribution in [0.15, 0.2) is 0 Å². The summed E-state index contributed by atoms with van der Waals surface area (Å²) in [6, 6.07) is 0. The summed E-state index contributed by atoms with van der Waals surface area (Å²) in [5.74, 6) is 0. The van der Waals surface area contributed by atoms with Crippen molar-refractivity contribution in [3.8, 4) is 0 Å². The zero-order valence-corrected chi connectivity index (χ0v) is 6.72. The van der Waals surface area contributed by atoms with Crippen LogP contribution in [0.2, 0.25) is 0 Å². The molecular formula is C7H13FO4. The van der Waals surface area contributed by atoms with E-state index in [0.717, 1.165) is 0 Å². The number of hydrogen-bond donors (Lipinski definition) is 3. The molecule has 3 N–H and O–H groups in total. The van der Waals surface area contributed by atoms with E-state index in [0.29, 0.717) is 0 Å². The lowest BCUT2D eigenvalue weighted by atomic mass is 9.97. The number of aliphatic hydroxyl groups is 3. The van der Waals surface area contributed by atoms with Gasteiger partial charge in [0.1, 0.15) is 18.3 Å². The molecule has 1 aliphatic rings. The molecule has 72 valence electrons. The molecule has 0 aromatic heterocycles. The molecule has 5 heteroatoms. The van der Waals surface area contributed by atoms with E-state index in [1.165, 1.54) is 6.92 Å². The summed E-state index contributed by atoms with van der Waals surface area (Å²) in [4.78, 5) is 0. The third kappa shape index (κ3) is 1.59. The largest absolute Gasteiger partial charge is 0.394 e. The minimum Gasteiger partial charge on any atom is -0.394 e. The van der Waals surface area contributed by atoms with E-state index in [-0.39, 0.29) is 0 Å². The predicted octanol–water partition coefficient (Wildman–Crippen LogP) is -1.17. The van der Waals surface area contributed by atoms with Gasteiger partial charge >= 0.3 is 0 Å². The Balaban J connectivity index is 2.63. The van der Waals surface area contributed by atoms with E-state index < -0.39 is 37.2 Å². The van der Waals surface area contributed by atoms with Crippen molar-refractivity contribution < 1.29 is 24.4 Å². The minimum atomic E-state index is -1.72. The van der Waals surface area contributed by atoms with Gasteiger partial charge in [0.05, 0.1) is 12.7 Å². The molecule has 1 rings (SSSR count). The summed E-state index contributed by atoms with van der Waals surface area (Å²) in [6.07, 6.45) is -6.09. The van der Waals surface area contributed by atoms with Gasteiger partial charge < -0.3 is 20.1 Å². The van der Waals surface area contributed by atoms with Crippen LogP contribution >= 0.6 is 0 Å². The topological polar surface area (TPSA) is 69.9 Å². The quantitative estimate of drug-likeness (QED) is 0.475. The first-order valence-electron chi connectivity index (χ1n) is 3.84. The smallest absolute Gasteiger partial charge is 0.157 e. The molecule has 1 saturated heterocycles. The van der Waals surface area contributed by atoms with Crippen LogP contribution in [0.25, 0.3) is 0 Å². The molecule has 12 heavy (non-hydrogen) atoms. The van der Waals surface area contributed by atoms with Crippen molar-refractivity contribution in [1.82, 2.24) is 0 Å². The summed E-state index contributed by atoms with van der Waals surface area (Å²) in [5, 5.41) is 26.9. The number of halogens is 1. The highest BCUT2D eigenvalue weighted by molar-refractivity contribution is 4.90. The van der Waals surface area contributed by atoms with Crippen molar-refractivity contribution in [2.45, 2.75) is 37.5 Å². The SMILES string of the molecule is CC1O[C@H](CO)[C@@H](F)[C@H](O)[C@H]1O. The predicted molar refractivity (Wildman–Crippen MR) is 38.3 cm³/mol.